The van der Waals surface area contributed by atoms with E-state index in [1.807, 2.05) is 0 Å². The fourth-order valence-electron chi connectivity index (χ4n) is 0.150. The molecule has 0 bridgehead atoms. The molecular formula is C3H5O5P. The lowest BCUT2D eigenvalue weighted by atomic mass is 10.4. The van der Waals surface area contributed by atoms with Crippen LogP contribution in [0.15, 0.2) is 0 Å². The maximum absolute atomic E-state index is 10.1. The Hall–Kier alpha value is -0.670. The molecule has 1 atom stereocenters. The number of rotatable bonds is 2. The third-order valence-electron chi connectivity index (χ3n) is 0.506. The Morgan fingerprint density at radius 2 is 2.11 bits per heavy atom. The topological polar surface area (TPSA) is 80.7 Å². The normalized spacial score (nSPS) is 12.2. The lowest BCUT2D eigenvalue weighted by Crippen LogP contribution is -2.15. The summed E-state index contributed by atoms with van der Waals surface area (Å²) in [6.45, 7) is 1.11. The van der Waals surface area contributed by atoms with Gasteiger partial charge < -0.3 is 9.63 Å². The van der Waals surface area contributed by atoms with E-state index >= 15 is 0 Å². The van der Waals surface area contributed by atoms with E-state index in [1.54, 1.807) is 0 Å². The van der Waals surface area contributed by atoms with Gasteiger partial charge in [0.2, 0.25) is 0 Å². The predicted octanol–water partition coefficient (Wildman–Crippen LogP) is -0.00170. The first-order chi connectivity index (χ1) is 4.04. The molecule has 6 heteroatoms. The Labute approximate surface area is 51.5 Å². The highest BCUT2D eigenvalue weighted by Crippen LogP contribution is 2.05. The molecule has 0 amide bonds. The zero-order valence-corrected chi connectivity index (χ0v) is 5.50. The van der Waals surface area contributed by atoms with E-state index in [0.29, 0.717) is 0 Å². The van der Waals surface area contributed by atoms with Gasteiger partial charge in [0.05, 0.1) is 0 Å². The fourth-order valence-corrected chi connectivity index (χ4v) is 0.449. The van der Waals surface area contributed by atoms with Gasteiger partial charge in [-0.2, -0.15) is 9.13 Å². The number of carbonyl (C=O) groups excluding carboxylic acids is 1. The molecule has 0 spiro atoms. The van der Waals surface area contributed by atoms with Crippen molar-refractivity contribution in [2.24, 2.45) is 0 Å². The average molecular weight is 152 g/mol. The molecule has 0 aromatic heterocycles. The third-order valence-corrected chi connectivity index (χ3v) is 0.835. The van der Waals surface area contributed by atoms with Crippen molar-refractivity contribution in [1.29, 1.82) is 0 Å². The second-order valence-electron chi connectivity index (χ2n) is 1.31. The molecule has 0 aliphatic heterocycles. The molecule has 0 aliphatic rings. The van der Waals surface area contributed by atoms with E-state index < -0.39 is 20.0 Å². The number of hydrogen-bond acceptors (Lipinski definition) is 5. The third kappa shape index (κ3) is 3.88. The van der Waals surface area contributed by atoms with Crippen LogP contribution < -0.4 is 0 Å². The van der Waals surface area contributed by atoms with Gasteiger partial charge in [-0.15, -0.1) is 0 Å². The highest BCUT2D eigenvalue weighted by atomic mass is 31.1. The van der Waals surface area contributed by atoms with E-state index in [0.717, 1.165) is 6.92 Å². The summed E-state index contributed by atoms with van der Waals surface area (Å²) in [7, 11) is -3.18. The summed E-state index contributed by atoms with van der Waals surface area (Å²) in [5.74, 6) is -1.16. The van der Waals surface area contributed by atoms with Crippen molar-refractivity contribution in [3.8, 4) is 0 Å². The maximum atomic E-state index is 10.1. The van der Waals surface area contributed by atoms with Crippen LogP contribution in [0.5, 0.6) is 0 Å². The largest absolute Gasteiger partial charge is 0.531 e. The molecule has 0 aromatic rings. The van der Waals surface area contributed by atoms with E-state index in [9.17, 15) is 13.9 Å². The van der Waals surface area contributed by atoms with Gasteiger partial charge in [0.1, 0.15) is 6.10 Å². The summed E-state index contributed by atoms with van der Waals surface area (Å²) in [5.41, 5.74) is 0. The van der Waals surface area contributed by atoms with Crippen molar-refractivity contribution in [3.63, 3.8) is 0 Å². The van der Waals surface area contributed by atoms with Crippen LogP contribution in [0.1, 0.15) is 6.92 Å². The minimum Gasteiger partial charge on any atom is -0.382 e. The first kappa shape index (κ1) is 8.33. The molecule has 0 saturated carbocycles. The van der Waals surface area contributed by atoms with Crippen LogP contribution in [0.2, 0.25) is 0 Å². The quantitative estimate of drug-likeness (QED) is 0.563. The summed E-state index contributed by atoms with van der Waals surface area (Å²) in [6.07, 6.45) is -1.39. The standard InChI is InChI=1S/C3H5O5P/c1-2(4)3(5)8-9(6)7/h2,4H,1H3. The highest BCUT2D eigenvalue weighted by molar-refractivity contribution is 7.25. The Balaban J connectivity index is 3.79. The van der Waals surface area contributed by atoms with Gasteiger partial charge in [0.25, 0.3) is 0 Å². The molecule has 1 N–H and O–H groups in total. The highest BCUT2D eigenvalue weighted by Gasteiger charge is 2.11. The zero-order chi connectivity index (χ0) is 7.44. The lowest BCUT2D eigenvalue weighted by Gasteiger charge is -1.95. The van der Waals surface area contributed by atoms with E-state index in [4.69, 9.17) is 5.11 Å². The van der Waals surface area contributed by atoms with Gasteiger partial charge in [0, 0.05) is 0 Å². The number of aliphatic hydroxyl groups is 1. The van der Waals surface area contributed by atoms with Crippen LogP contribution in [0.3, 0.4) is 0 Å². The smallest absolute Gasteiger partial charge is 0.382 e. The Morgan fingerprint density at radius 3 is 2.22 bits per heavy atom. The van der Waals surface area contributed by atoms with Crippen LogP contribution in [-0.4, -0.2) is 17.2 Å². The van der Waals surface area contributed by atoms with Gasteiger partial charge in [0.15, 0.2) is 0 Å². The molecule has 0 saturated heterocycles. The van der Waals surface area contributed by atoms with Crippen molar-refractivity contribution >= 4 is 13.9 Å². The van der Waals surface area contributed by atoms with Gasteiger partial charge in [-0.1, -0.05) is 0 Å². The lowest BCUT2D eigenvalue weighted by molar-refractivity contribution is -0.142. The van der Waals surface area contributed by atoms with Crippen molar-refractivity contribution in [2.75, 3.05) is 0 Å². The molecule has 0 aliphatic carbocycles. The van der Waals surface area contributed by atoms with E-state index in [2.05, 4.69) is 4.52 Å². The summed E-state index contributed by atoms with van der Waals surface area (Å²) in [4.78, 5) is 10.1. The molecule has 5 nitrogen and oxygen atoms in total. The molecule has 0 rings (SSSR count). The summed E-state index contributed by atoms with van der Waals surface area (Å²) in [6, 6.07) is 0. The average Bonchev–Trinajstić information content (AvgIpc) is 1.63. The molecule has 52 valence electrons. The van der Waals surface area contributed by atoms with E-state index in [1.165, 1.54) is 0 Å². The summed E-state index contributed by atoms with van der Waals surface area (Å²) >= 11 is 0. The van der Waals surface area contributed by atoms with Crippen molar-refractivity contribution in [3.05, 3.63) is 0 Å². The van der Waals surface area contributed by atoms with Gasteiger partial charge in [-0.05, 0) is 6.92 Å². The Morgan fingerprint density at radius 1 is 1.67 bits per heavy atom. The number of hydrogen-bond donors (Lipinski definition) is 1. The second kappa shape index (κ2) is 3.37. The molecule has 0 heterocycles. The SMILES string of the molecule is CC(O)C(=O)OP(=O)=O. The number of carbonyl (C=O) groups is 1. The van der Waals surface area contributed by atoms with E-state index in [-0.39, 0.29) is 0 Å². The second-order valence-corrected chi connectivity index (χ2v) is 1.94. The van der Waals surface area contributed by atoms with Crippen LogP contribution in [0, 0.1) is 0 Å². The molecule has 0 radical (unpaired) electrons. The van der Waals surface area contributed by atoms with Crippen LogP contribution in [0.4, 0.5) is 0 Å². The summed E-state index contributed by atoms with van der Waals surface area (Å²) in [5, 5.41) is 8.33. The van der Waals surface area contributed by atoms with Crippen LogP contribution in [0.25, 0.3) is 0 Å². The monoisotopic (exact) mass is 152 g/mol. The minimum atomic E-state index is -3.18. The zero-order valence-electron chi connectivity index (χ0n) is 4.60. The van der Waals surface area contributed by atoms with Crippen molar-refractivity contribution in [1.82, 2.24) is 0 Å². The van der Waals surface area contributed by atoms with Gasteiger partial charge >= 0.3 is 13.9 Å². The predicted molar refractivity (Wildman–Crippen MR) is 26.1 cm³/mol. The van der Waals surface area contributed by atoms with Crippen molar-refractivity contribution < 1.29 is 23.6 Å². The molecule has 9 heavy (non-hydrogen) atoms. The Bertz CT molecular complexity index is 161. The first-order valence-electron chi connectivity index (χ1n) is 2.08. The van der Waals surface area contributed by atoms with Crippen molar-refractivity contribution in [2.45, 2.75) is 13.0 Å². The van der Waals surface area contributed by atoms with Gasteiger partial charge in [-0.3, -0.25) is 0 Å². The van der Waals surface area contributed by atoms with Crippen LogP contribution >= 0.6 is 7.91 Å². The maximum Gasteiger partial charge on any atom is 0.531 e. The fraction of sp³-hybridized carbons (Fsp3) is 0.667. The first-order valence-corrected chi connectivity index (χ1v) is 3.18. The minimum absolute atomic E-state index is 1.11. The summed E-state index contributed by atoms with van der Waals surface area (Å²) < 4.78 is 22.8. The molecule has 0 fully saturated rings. The molecular weight excluding hydrogens is 147 g/mol. The Kier molecular flexibility index (Phi) is 3.12. The number of aliphatic hydroxyl groups excluding tert-OH is 1. The molecule has 0 aromatic carbocycles. The molecule has 1 unspecified atom stereocenters. The van der Waals surface area contributed by atoms with Gasteiger partial charge in [-0.25, -0.2) is 4.79 Å². The van der Waals surface area contributed by atoms with Crippen LogP contribution in [-0.2, 0) is 18.4 Å².